The molecule has 0 spiro atoms. The number of aryl methyl sites for hydroxylation is 1. The number of H-pyrrole nitrogens is 1. The van der Waals surface area contributed by atoms with Crippen molar-refractivity contribution in [1.82, 2.24) is 9.97 Å². The van der Waals surface area contributed by atoms with E-state index in [-0.39, 0.29) is 5.41 Å². The molecule has 0 radical (unpaired) electrons. The summed E-state index contributed by atoms with van der Waals surface area (Å²) in [7, 11) is 0. The molecular weight excluding hydrogens is 228 g/mol. The van der Waals surface area contributed by atoms with Gasteiger partial charge in [0.2, 0.25) is 0 Å². The van der Waals surface area contributed by atoms with Gasteiger partial charge in [-0.3, -0.25) is 0 Å². The van der Waals surface area contributed by atoms with Gasteiger partial charge in [-0.2, -0.15) is 0 Å². The minimum atomic E-state index is 0.110. The van der Waals surface area contributed by atoms with Gasteiger partial charge in [-0.25, -0.2) is 4.98 Å². The summed E-state index contributed by atoms with van der Waals surface area (Å²) in [6.07, 6.45) is 0. The molecule has 0 bridgehead atoms. The van der Waals surface area contributed by atoms with Gasteiger partial charge in [0.15, 0.2) is 0 Å². The van der Waals surface area contributed by atoms with E-state index in [4.69, 9.17) is 10.5 Å². The highest BCUT2D eigenvalue weighted by atomic mass is 16.5. The predicted molar refractivity (Wildman–Crippen MR) is 71.6 cm³/mol. The number of nitrogens with two attached hydrogens (primary N) is 1. The number of imidazole rings is 1. The normalized spacial score (nSPS) is 17.7. The Morgan fingerprint density at radius 1 is 1.50 bits per heavy atom. The van der Waals surface area contributed by atoms with Crippen LogP contribution in [-0.2, 0) is 4.74 Å². The molecule has 5 nitrogen and oxygen atoms in total. The van der Waals surface area contributed by atoms with E-state index in [1.807, 2.05) is 19.1 Å². The zero-order valence-corrected chi connectivity index (χ0v) is 10.5. The monoisotopic (exact) mass is 246 g/mol. The van der Waals surface area contributed by atoms with E-state index in [9.17, 15) is 0 Å². The smallest absolute Gasteiger partial charge is 0.104 e. The van der Waals surface area contributed by atoms with Gasteiger partial charge in [-0.05, 0) is 25.1 Å². The SMILES string of the molecule is Cc1nc2ccc(NCC3(CN)COC3)cc2[nH]1. The first-order valence-corrected chi connectivity index (χ1v) is 6.19. The summed E-state index contributed by atoms with van der Waals surface area (Å²) in [5, 5.41) is 3.43. The number of aromatic amines is 1. The van der Waals surface area contributed by atoms with Gasteiger partial charge in [0.1, 0.15) is 5.82 Å². The molecule has 0 unspecified atom stereocenters. The number of nitrogens with one attached hydrogen (secondary N) is 2. The van der Waals surface area contributed by atoms with E-state index in [0.717, 1.165) is 42.3 Å². The topological polar surface area (TPSA) is 76.0 Å². The fourth-order valence-corrected chi connectivity index (χ4v) is 2.22. The number of benzene rings is 1. The van der Waals surface area contributed by atoms with Crippen molar-refractivity contribution in [3.05, 3.63) is 24.0 Å². The first kappa shape index (κ1) is 11.5. The molecule has 2 heterocycles. The van der Waals surface area contributed by atoms with Gasteiger partial charge < -0.3 is 20.8 Å². The number of ether oxygens (including phenoxy) is 1. The van der Waals surface area contributed by atoms with Crippen molar-refractivity contribution in [2.75, 3.05) is 31.6 Å². The highest BCUT2D eigenvalue weighted by Gasteiger charge is 2.36. The minimum Gasteiger partial charge on any atom is -0.384 e. The van der Waals surface area contributed by atoms with Gasteiger partial charge in [0.25, 0.3) is 0 Å². The molecule has 1 fully saturated rings. The molecule has 5 heteroatoms. The summed E-state index contributed by atoms with van der Waals surface area (Å²) in [6.45, 7) is 4.97. The fraction of sp³-hybridized carbons (Fsp3) is 0.462. The molecule has 1 aromatic carbocycles. The first-order chi connectivity index (χ1) is 8.71. The average Bonchev–Trinajstić information content (AvgIpc) is 2.67. The molecule has 1 aliphatic heterocycles. The maximum Gasteiger partial charge on any atom is 0.104 e. The molecule has 1 aromatic heterocycles. The summed E-state index contributed by atoms with van der Waals surface area (Å²) in [6, 6.07) is 6.15. The van der Waals surface area contributed by atoms with Gasteiger partial charge >= 0.3 is 0 Å². The second-order valence-corrected chi connectivity index (χ2v) is 5.10. The van der Waals surface area contributed by atoms with Gasteiger partial charge in [-0.1, -0.05) is 0 Å². The highest BCUT2D eigenvalue weighted by Crippen LogP contribution is 2.27. The van der Waals surface area contributed by atoms with Gasteiger partial charge in [-0.15, -0.1) is 0 Å². The van der Waals surface area contributed by atoms with Crippen molar-refractivity contribution in [2.24, 2.45) is 11.1 Å². The largest absolute Gasteiger partial charge is 0.384 e. The van der Waals surface area contributed by atoms with E-state index in [1.54, 1.807) is 0 Å². The van der Waals surface area contributed by atoms with E-state index < -0.39 is 0 Å². The number of hydrogen-bond acceptors (Lipinski definition) is 4. The standard InChI is InChI=1S/C13H18N4O/c1-9-16-11-3-2-10(4-12(11)17-9)15-6-13(5-14)7-18-8-13/h2-4,15H,5-8,14H2,1H3,(H,16,17). The van der Waals surface area contributed by atoms with Crippen LogP contribution >= 0.6 is 0 Å². The Balaban J connectivity index is 1.74. The van der Waals surface area contributed by atoms with Crippen LogP contribution in [0.1, 0.15) is 5.82 Å². The van der Waals surface area contributed by atoms with Crippen LogP contribution in [0.2, 0.25) is 0 Å². The predicted octanol–water partition coefficient (Wildman–Crippen LogP) is 1.26. The van der Waals surface area contributed by atoms with E-state index >= 15 is 0 Å². The Morgan fingerprint density at radius 3 is 3.00 bits per heavy atom. The summed E-state index contributed by atoms with van der Waals surface area (Å²) in [5.74, 6) is 0.938. The quantitative estimate of drug-likeness (QED) is 0.759. The van der Waals surface area contributed by atoms with Crippen LogP contribution in [0, 0.1) is 12.3 Å². The third-order valence-electron chi connectivity index (χ3n) is 3.52. The molecule has 0 atom stereocenters. The highest BCUT2D eigenvalue weighted by molar-refractivity contribution is 5.79. The van der Waals surface area contributed by atoms with Crippen LogP contribution in [0.5, 0.6) is 0 Å². The molecule has 1 saturated heterocycles. The Morgan fingerprint density at radius 2 is 2.33 bits per heavy atom. The van der Waals surface area contributed by atoms with Crippen molar-refractivity contribution < 1.29 is 4.74 Å². The van der Waals surface area contributed by atoms with E-state index in [0.29, 0.717) is 6.54 Å². The van der Waals surface area contributed by atoms with Crippen LogP contribution in [0.4, 0.5) is 5.69 Å². The third kappa shape index (κ3) is 1.95. The van der Waals surface area contributed by atoms with Crippen molar-refractivity contribution in [2.45, 2.75) is 6.92 Å². The van der Waals surface area contributed by atoms with Crippen molar-refractivity contribution in [3.8, 4) is 0 Å². The number of nitrogens with zero attached hydrogens (tertiary/aromatic N) is 1. The summed E-state index contributed by atoms with van der Waals surface area (Å²) in [5.41, 5.74) is 9.05. The molecule has 4 N–H and O–H groups in total. The lowest BCUT2D eigenvalue weighted by molar-refractivity contribution is -0.0979. The molecule has 18 heavy (non-hydrogen) atoms. The average molecular weight is 246 g/mol. The zero-order valence-electron chi connectivity index (χ0n) is 10.5. The lowest BCUT2D eigenvalue weighted by Gasteiger charge is -2.40. The second kappa shape index (κ2) is 4.26. The van der Waals surface area contributed by atoms with Crippen LogP contribution in [-0.4, -0.2) is 36.3 Å². The molecule has 0 amide bonds. The van der Waals surface area contributed by atoms with Crippen LogP contribution in [0.3, 0.4) is 0 Å². The first-order valence-electron chi connectivity index (χ1n) is 6.19. The Hall–Kier alpha value is -1.59. The van der Waals surface area contributed by atoms with Crippen molar-refractivity contribution in [3.63, 3.8) is 0 Å². The lowest BCUT2D eigenvalue weighted by Crippen LogP contribution is -2.52. The molecule has 96 valence electrons. The molecule has 1 aliphatic rings. The number of hydrogen-bond donors (Lipinski definition) is 3. The molecule has 2 aromatic rings. The van der Waals surface area contributed by atoms with Crippen LogP contribution in [0.25, 0.3) is 11.0 Å². The maximum atomic E-state index is 5.79. The number of anilines is 1. The molecule has 0 saturated carbocycles. The zero-order chi connectivity index (χ0) is 12.6. The van der Waals surface area contributed by atoms with Crippen molar-refractivity contribution >= 4 is 16.7 Å². The third-order valence-corrected chi connectivity index (χ3v) is 3.52. The number of fused-ring (bicyclic) bond motifs is 1. The van der Waals surface area contributed by atoms with Gasteiger partial charge in [0, 0.05) is 24.2 Å². The Labute approximate surface area is 106 Å². The maximum absolute atomic E-state index is 5.79. The van der Waals surface area contributed by atoms with Crippen molar-refractivity contribution in [1.29, 1.82) is 0 Å². The van der Waals surface area contributed by atoms with E-state index in [1.165, 1.54) is 0 Å². The molecular formula is C13H18N4O. The van der Waals surface area contributed by atoms with Crippen LogP contribution in [0.15, 0.2) is 18.2 Å². The minimum absolute atomic E-state index is 0.110. The second-order valence-electron chi connectivity index (χ2n) is 5.10. The van der Waals surface area contributed by atoms with Crippen LogP contribution < -0.4 is 11.1 Å². The summed E-state index contributed by atoms with van der Waals surface area (Å²) >= 11 is 0. The number of aromatic nitrogens is 2. The van der Waals surface area contributed by atoms with E-state index in [2.05, 4.69) is 21.4 Å². The fourth-order valence-electron chi connectivity index (χ4n) is 2.22. The summed E-state index contributed by atoms with van der Waals surface area (Å²) in [4.78, 5) is 7.62. The Kier molecular flexibility index (Phi) is 2.72. The van der Waals surface area contributed by atoms with Gasteiger partial charge in [0.05, 0.1) is 24.2 Å². The summed E-state index contributed by atoms with van der Waals surface area (Å²) < 4.78 is 5.25. The number of rotatable bonds is 4. The molecule has 3 rings (SSSR count). The lowest BCUT2D eigenvalue weighted by atomic mass is 9.86. The molecule has 0 aliphatic carbocycles. The Bertz CT molecular complexity index is 554.